The summed E-state index contributed by atoms with van der Waals surface area (Å²) in [6, 6.07) is 6.46. The van der Waals surface area contributed by atoms with E-state index in [0.717, 1.165) is 35.0 Å². The summed E-state index contributed by atoms with van der Waals surface area (Å²) < 4.78 is 0. The fourth-order valence-electron chi connectivity index (χ4n) is 2.81. The Labute approximate surface area is 123 Å². The van der Waals surface area contributed by atoms with Crippen LogP contribution in [-0.2, 0) is 6.42 Å². The van der Waals surface area contributed by atoms with Crippen molar-refractivity contribution in [3.05, 3.63) is 39.9 Å². The van der Waals surface area contributed by atoms with Crippen LogP contribution in [0.1, 0.15) is 40.6 Å². The van der Waals surface area contributed by atoms with Crippen LogP contribution in [-0.4, -0.2) is 17.1 Å². The smallest absolute Gasteiger partial charge is 0.190 e. The number of aliphatic hydroxyl groups is 1. The molecule has 1 heterocycles. The second-order valence-corrected chi connectivity index (χ2v) is 6.57. The van der Waals surface area contributed by atoms with E-state index in [9.17, 15) is 5.11 Å². The largest absolute Gasteiger partial charge is 0.388 e. The number of hydrogen-bond acceptors (Lipinski definition) is 4. The van der Waals surface area contributed by atoms with E-state index in [0.29, 0.717) is 0 Å². The third-order valence-electron chi connectivity index (χ3n) is 3.91. The Bertz CT molecular complexity index is 635. The summed E-state index contributed by atoms with van der Waals surface area (Å²) in [4.78, 5) is 7.91. The maximum atomic E-state index is 10.1. The van der Waals surface area contributed by atoms with E-state index in [1.807, 2.05) is 7.05 Å². The molecule has 1 aliphatic rings. The lowest BCUT2D eigenvalue weighted by Crippen LogP contribution is -2.11. The van der Waals surface area contributed by atoms with Crippen molar-refractivity contribution in [3.8, 4) is 0 Å². The molecular weight excluding hydrogens is 268 g/mol. The van der Waals surface area contributed by atoms with Gasteiger partial charge in [-0.1, -0.05) is 29.0 Å². The number of anilines is 2. The van der Waals surface area contributed by atoms with Crippen molar-refractivity contribution in [3.63, 3.8) is 0 Å². The zero-order valence-corrected chi connectivity index (χ0v) is 13.0. The normalized spacial score (nSPS) is 17.9. The molecule has 3 rings (SSSR count). The first-order valence-electron chi connectivity index (χ1n) is 7.05. The fraction of sp³-hybridized carbons (Fsp3) is 0.438. The molecule has 0 spiro atoms. The van der Waals surface area contributed by atoms with Crippen molar-refractivity contribution in [2.24, 2.45) is 0 Å². The minimum atomic E-state index is -0.322. The van der Waals surface area contributed by atoms with E-state index < -0.39 is 0 Å². The lowest BCUT2D eigenvalue weighted by molar-refractivity contribution is 0.160. The molecule has 1 aromatic carbocycles. The van der Waals surface area contributed by atoms with E-state index in [4.69, 9.17) is 4.98 Å². The second kappa shape index (κ2) is 5.19. The molecule has 2 aromatic rings. The predicted octanol–water partition coefficient (Wildman–Crippen LogP) is 3.90. The summed E-state index contributed by atoms with van der Waals surface area (Å²) >= 11 is 1.62. The van der Waals surface area contributed by atoms with Gasteiger partial charge in [-0.05, 0) is 44.7 Å². The zero-order valence-electron chi connectivity index (χ0n) is 12.2. The molecule has 4 heteroatoms. The predicted molar refractivity (Wildman–Crippen MR) is 84.0 cm³/mol. The van der Waals surface area contributed by atoms with Crippen LogP contribution in [0.5, 0.6) is 0 Å². The minimum absolute atomic E-state index is 0.322. The third kappa shape index (κ3) is 2.34. The van der Waals surface area contributed by atoms with Gasteiger partial charge in [-0.15, -0.1) is 0 Å². The highest BCUT2D eigenvalue weighted by Gasteiger charge is 2.24. The number of nitrogens with zero attached hydrogens (tertiary/aromatic N) is 2. The van der Waals surface area contributed by atoms with Gasteiger partial charge in [0.1, 0.15) is 0 Å². The van der Waals surface area contributed by atoms with Gasteiger partial charge in [0.2, 0.25) is 0 Å². The third-order valence-corrected chi connectivity index (χ3v) is 5.19. The Morgan fingerprint density at radius 2 is 2.15 bits per heavy atom. The lowest BCUT2D eigenvalue weighted by Gasteiger charge is -2.18. The maximum absolute atomic E-state index is 10.1. The summed E-state index contributed by atoms with van der Waals surface area (Å²) in [6.07, 6.45) is 2.56. The number of hydrogen-bond donors (Lipinski definition) is 1. The van der Waals surface area contributed by atoms with Crippen molar-refractivity contribution >= 4 is 22.2 Å². The number of aliphatic hydroxyl groups excluding tert-OH is 1. The molecule has 1 aromatic heterocycles. The number of fused-ring (bicyclic) bond motifs is 1. The molecule has 0 bridgehead atoms. The van der Waals surface area contributed by atoms with Gasteiger partial charge in [0.15, 0.2) is 5.13 Å². The Balaban J connectivity index is 1.96. The first-order valence-corrected chi connectivity index (χ1v) is 7.86. The molecule has 0 amide bonds. The van der Waals surface area contributed by atoms with Gasteiger partial charge < -0.3 is 10.0 Å². The van der Waals surface area contributed by atoms with E-state index in [1.165, 1.54) is 16.8 Å². The van der Waals surface area contributed by atoms with Gasteiger partial charge in [0.05, 0.1) is 16.7 Å². The standard InChI is InChI=1S/C16H20N2OS/c1-10-7-8-13(11(2)9-10)18(3)16-17-12-5-4-6-14(19)15(12)20-16/h7-9,14,19H,4-6H2,1-3H3. The molecule has 0 saturated heterocycles. The van der Waals surface area contributed by atoms with Crippen LogP contribution in [0.4, 0.5) is 10.8 Å². The Kier molecular flexibility index (Phi) is 3.52. The zero-order chi connectivity index (χ0) is 14.3. The fourth-order valence-corrected chi connectivity index (χ4v) is 3.92. The van der Waals surface area contributed by atoms with Gasteiger partial charge in [0.25, 0.3) is 0 Å². The molecule has 1 aliphatic carbocycles. The topological polar surface area (TPSA) is 36.4 Å². The molecule has 20 heavy (non-hydrogen) atoms. The summed E-state index contributed by atoms with van der Waals surface area (Å²) in [5.41, 5.74) is 4.78. The highest BCUT2D eigenvalue weighted by Crippen LogP contribution is 2.39. The van der Waals surface area contributed by atoms with Crippen LogP contribution in [0.2, 0.25) is 0 Å². The second-order valence-electron chi connectivity index (χ2n) is 5.56. The van der Waals surface area contributed by atoms with Crippen LogP contribution in [0.25, 0.3) is 0 Å². The van der Waals surface area contributed by atoms with Gasteiger partial charge in [-0.25, -0.2) is 4.98 Å². The molecule has 1 unspecified atom stereocenters. The lowest BCUT2D eigenvalue weighted by atomic mass is 10.0. The van der Waals surface area contributed by atoms with Crippen LogP contribution < -0.4 is 4.90 Å². The van der Waals surface area contributed by atoms with Crippen LogP contribution in [0.3, 0.4) is 0 Å². The van der Waals surface area contributed by atoms with Crippen molar-refractivity contribution in [1.82, 2.24) is 4.98 Å². The molecule has 0 radical (unpaired) electrons. The van der Waals surface area contributed by atoms with Crippen LogP contribution >= 0.6 is 11.3 Å². The van der Waals surface area contributed by atoms with Gasteiger partial charge in [-0.3, -0.25) is 0 Å². The van der Waals surface area contributed by atoms with Gasteiger partial charge in [-0.2, -0.15) is 0 Å². The van der Waals surface area contributed by atoms with E-state index in [-0.39, 0.29) is 6.10 Å². The highest BCUT2D eigenvalue weighted by molar-refractivity contribution is 7.15. The molecule has 3 nitrogen and oxygen atoms in total. The molecule has 0 fully saturated rings. The highest BCUT2D eigenvalue weighted by atomic mass is 32.1. The van der Waals surface area contributed by atoms with E-state index in [1.54, 1.807) is 11.3 Å². The molecule has 1 atom stereocenters. The molecular formula is C16H20N2OS. The number of aromatic nitrogens is 1. The van der Waals surface area contributed by atoms with Gasteiger partial charge in [0, 0.05) is 12.7 Å². The van der Waals surface area contributed by atoms with Crippen molar-refractivity contribution in [2.75, 3.05) is 11.9 Å². The van der Waals surface area contributed by atoms with Crippen LogP contribution in [0.15, 0.2) is 18.2 Å². The number of rotatable bonds is 2. The Hall–Kier alpha value is -1.39. The average Bonchev–Trinajstić information content (AvgIpc) is 2.83. The van der Waals surface area contributed by atoms with Crippen molar-refractivity contribution in [1.29, 1.82) is 0 Å². The maximum Gasteiger partial charge on any atom is 0.190 e. The summed E-state index contributed by atoms with van der Waals surface area (Å²) in [5.74, 6) is 0. The number of thiazole rings is 1. The Morgan fingerprint density at radius 1 is 1.35 bits per heavy atom. The first kappa shape index (κ1) is 13.6. The number of aryl methyl sites for hydroxylation is 3. The molecule has 0 aliphatic heterocycles. The minimum Gasteiger partial charge on any atom is -0.388 e. The Morgan fingerprint density at radius 3 is 2.85 bits per heavy atom. The SMILES string of the molecule is Cc1ccc(N(C)c2nc3c(s2)C(O)CCC3)c(C)c1. The van der Waals surface area contributed by atoms with E-state index >= 15 is 0 Å². The molecule has 1 N–H and O–H groups in total. The van der Waals surface area contributed by atoms with E-state index in [2.05, 4.69) is 36.9 Å². The molecule has 106 valence electrons. The average molecular weight is 288 g/mol. The quantitative estimate of drug-likeness (QED) is 0.910. The van der Waals surface area contributed by atoms with Gasteiger partial charge >= 0.3 is 0 Å². The first-order chi connectivity index (χ1) is 9.56. The van der Waals surface area contributed by atoms with Crippen molar-refractivity contribution in [2.45, 2.75) is 39.2 Å². The number of benzene rings is 1. The summed E-state index contributed by atoms with van der Waals surface area (Å²) in [7, 11) is 2.05. The summed E-state index contributed by atoms with van der Waals surface area (Å²) in [5, 5.41) is 11.0. The van der Waals surface area contributed by atoms with Crippen molar-refractivity contribution < 1.29 is 5.11 Å². The molecule has 0 saturated carbocycles. The monoisotopic (exact) mass is 288 g/mol. The van der Waals surface area contributed by atoms with Crippen LogP contribution in [0, 0.1) is 13.8 Å². The summed E-state index contributed by atoms with van der Waals surface area (Å²) in [6.45, 7) is 4.23.